The third kappa shape index (κ3) is 3.43. The van der Waals surface area contributed by atoms with Gasteiger partial charge in [-0.2, -0.15) is 0 Å². The maximum Gasteiger partial charge on any atom is 0.309 e. The second kappa shape index (κ2) is 7.09. The summed E-state index contributed by atoms with van der Waals surface area (Å²) in [5.74, 6) is -2.51. The Kier molecular flexibility index (Phi) is 4.63. The van der Waals surface area contributed by atoms with Crippen LogP contribution in [-0.2, 0) is 16.1 Å². The van der Waals surface area contributed by atoms with Crippen molar-refractivity contribution in [3.8, 4) is 0 Å². The van der Waals surface area contributed by atoms with E-state index < -0.39 is 23.8 Å². The number of likely N-dealkylation sites (tertiary alicyclic amines) is 1. The van der Waals surface area contributed by atoms with Crippen LogP contribution in [0.15, 0.2) is 54.6 Å². The number of para-hydroxylation sites is 1. The lowest BCUT2D eigenvalue weighted by atomic mass is 9.84. The molecule has 7 heteroatoms. The fourth-order valence-corrected chi connectivity index (χ4v) is 3.92. The van der Waals surface area contributed by atoms with E-state index in [0.29, 0.717) is 25.3 Å². The molecule has 0 aliphatic carbocycles. The van der Waals surface area contributed by atoms with Crippen LogP contribution in [0.5, 0.6) is 0 Å². The second-order valence-electron chi connectivity index (χ2n) is 7.04. The van der Waals surface area contributed by atoms with Crippen molar-refractivity contribution in [3.63, 3.8) is 0 Å². The van der Waals surface area contributed by atoms with E-state index in [4.69, 9.17) is 0 Å². The molecule has 2 fully saturated rings. The molecule has 0 bridgehead atoms. The van der Waals surface area contributed by atoms with Crippen molar-refractivity contribution in [2.75, 3.05) is 18.1 Å². The van der Waals surface area contributed by atoms with Crippen molar-refractivity contribution in [3.05, 3.63) is 66.0 Å². The summed E-state index contributed by atoms with van der Waals surface area (Å²) >= 11 is 0. The van der Waals surface area contributed by atoms with Crippen molar-refractivity contribution in [2.45, 2.75) is 12.6 Å². The minimum absolute atomic E-state index is 0.124. The summed E-state index contributed by atoms with van der Waals surface area (Å²) in [6, 6.07) is 14.9. The minimum Gasteiger partial charge on any atom is -0.481 e. The number of benzene rings is 2. The minimum atomic E-state index is -0.927. The van der Waals surface area contributed by atoms with E-state index in [0.717, 1.165) is 5.56 Å². The molecule has 2 saturated heterocycles. The molecule has 2 N–H and O–H groups in total. The SMILES string of the molecule is O=C(O)C1CN(Cc2ccc(F)cc2)CC2C(=O)N(c3ccccc3)NC12. The highest BCUT2D eigenvalue weighted by molar-refractivity contribution is 5.97. The molecule has 3 unspecified atom stereocenters. The highest BCUT2D eigenvalue weighted by Crippen LogP contribution is 2.32. The van der Waals surface area contributed by atoms with Gasteiger partial charge >= 0.3 is 5.97 Å². The monoisotopic (exact) mass is 369 g/mol. The Morgan fingerprint density at radius 3 is 2.48 bits per heavy atom. The lowest BCUT2D eigenvalue weighted by Gasteiger charge is -2.37. The van der Waals surface area contributed by atoms with Gasteiger partial charge in [-0.05, 0) is 29.8 Å². The van der Waals surface area contributed by atoms with Crippen LogP contribution >= 0.6 is 0 Å². The summed E-state index contributed by atoms with van der Waals surface area (Å²) in [5, 5.41) is 11.2. The van der Waals surface area contributed by atoms with Gasteiger partial charge in [-0.3, -0.25) is 14.5 Å². The molecular formula is C20H20FN3O3. The number of hydrazine groups is 1. The maximum atomic E-state index is 13.1. The number of halogens is 1. The van der Waals surface area contributed by atoms with E-state index in [1.807, 2.05) is 35.2 Å². The van der Waals surface area contributed by atoms with Crippen LogP contribution in [0.4, 0.5) is 10.1 Å². The van der Waals surface area contributed by atoms with Gasteiger partial charge in [0.2, 0.25) is 5.91 Å². The number of carbonyl (C=O) groups excluding carboxylic acids is 1. The van der Waals surface area contributed by atoms with Gasteiger partial charge < -0.3 is 5.11 Å². The van der Waals surface area contributed by atoms with Crippen LogP contribution in [0.25, 0.3) is 0 Å². The third-order valence-corrected chi connectivity index (χ3v) is 5.24. The molecule has 2 aromatic carbocycles. The molecule has 6 nitrogen and oxygen atoms in total. The lowest BCUT2D eigenvalue weighted by Crippen LogP contribution is -2.54. The summed E-state index contributed by atoms with van der Waals surface area (Å²) in [4.78, 5) is 26.7. The zero-order valence-corrected chi connectivity index (χ0v) is 14.6. The Labute approximate surface area is 156 Å². The molecule has 2 aliphatic heterocycles. The first-order valence-electron chi connectivity index (χ1n) is 8.88. The second-order valence-corrected chi connectivity index (χ2v) is 7.04. The molecule has 0 saturated carbocycles. The number of fused-ring (bicyclic) bond motifs is 1. The summed E-state index contributed by atoms with van der Waals surface area (Å²) in [5.41, 5.74) is 4.70. The summed E-state index contributed by atoms with van der Waals surface area (Å²) in [6.45, 7) is 1.27. The molecule has 4 rings (SSSR count). The molecule has 27 heavy (non-hydrogen) atoms. The van der Waals surface area contributed by atoms with Gasteiger partial charge in [0.15, 0.2) is 0 Å². The zero-order valence-electron chi connectivity index (χ0n) is 14.6. The largest absolute Gasteiger partial charge is 0.481 e. The number of nitrogens with one attached hydrogen (secondary N) is 1. The first kappa shape index (κ1) is 17.6. The Bertz CT molecular complexity index is 843. The van der Waals surface area contributed by atoms with Crippen molar-refractivity contribution >= 4 is 17.6 Å². The van der Waals surface area contributed by atoms with Crippen LogP contribution < -0.4 is 10.4 Å². The van der Waals surface area contributed by atoms with E-state index in [-0.39, 0.29) is 11.7 Å². The molecular weight excluding hydrogens is 349 g/mol. The fourth-order valence-electron chi connectivity index (χ4n) is 3.92. The van der Waals surface area contributed by atoms with E-state index in [9.17, 15) is 19.1 Å². The number of aliphatic carboxylic acids is 1. The molecule has 140 valence electrons. The Morgan fingerprint density at radius 2 is 1.81 bits per heavy atom. The standard InChI is InChI=1S/C20H20FN3O3/c21-14-8-6-13(7-9-14)10-23-11-16-18(17(12-23)20(26)27)22-24(19(16)25)15-4-2-1-3-5-15/h1-9,16-18,22H,10-12H2,(H,26,27). The average Bonchev–Trinajstić information content (AvgIpc) is 3.00. The molecule has 2 aromatic rings. The number of carboxylic acids is 1. The highest BCUT2D eigenvalue weighted by Gasteiger charge is 2.50. The van der Waals surface area contributed by atoms with Gasteiger partial charge in [0, 0.05) is 19.6 Å². The molecule has 2 aliphatic rings. The predicted molar refractivity (Wildman–Crippen MR) is 97.1 cm³/mol. The quantitative estimate of drug-likeness (QED) is 0.861. The Balaban J connectivity index is 1.56. The fraction of sp³-hybridized carbons (Fsp3) is 0.300. The van der Waals surface area contributed by atoms with Crippen LogP contribution in [0.1, 0.15) is 5.56 Å². The summed E-state index contributed by atoms with van der Waals surface area (Å²) < 4.78 is 13.1. The Morgan fingerprint density at radius 1 is 1.11 bits per heavy atom. The van der Waals surface area contributed by atoms with Crippen LogP contribution in [0.2, 0.25) is 0 Å². The number of anilines is 1. The number of piperidine rings is 1. The summed E-state index contributed by atoms with van der Waals surface area (Å²) in [7, 11) is 0. The number of hydrogen-bond acceptors (Lipinski definition) is 4. The normalized spacial score (nSPS) is 25.4. The molecule has 0 aromatic heterocycles. The number of rotatable bonds is 4. The van der Waals surface area contributed by atoms with Gasteiger partial charge in [-0.1, -0.05) is 30.3 Å². The van der Waals surface area contributed by atoms with Gasteiger partial charge in [0.25, 0.3) is 0 Å². The van der Waals surface area contributed by atoms with E-state index >= 15 is 0 Å². The lowest BCUT2D eigenvalue weighted by molar-refractivity contribution is -0.145. The van der Waals surface area contributed by atoms with Crippen molar-refractivity contribution in [2.24, 2.45) is 11.8 Å². The van der Waals surface area contributed by atoms with Gasteiger partial charge in [-0.15, -0.1) is 0 Å². The topological polar surface area (TPSA) is 72.9 Å². The van der Waals surface area contributed by atoms with E-state index in [1.54, 1.807) is 12.1 Å². The Hall–Kier alpha value is -2.77. The van der Waals surface area contributed by atoms with Crippen molar-refractivity contribution in [1.29, 1.82) is 0 Å². The van der Waals surface area contributed by atoms with E-state index in [1.165, 1.54) is 17.1 Å². The van der Waals surface area contributed by atoms with Gasteiger partial charge in [0.05, 0.1) is 23.6 Å². The summed E-state index contributed by atoms with van der Waals surface area (Å²) in [6.07, 6.45) is 0. The first-order chi connectivity index (χ1) is 13.0. The highest BCUT2D eigenvalue weighted by atomic mass is 19.1. The predicted octanol–water partition coefficient (Wildman–Crippen LogP) is 1.88. The number of carbonyl (C=O) groups is 2. The van der Waals surface area contributed by atoms with Crippen molar-refractivity contribution < 1.29 is 19.1 Å². The third-order valence-electron chi connectivity index (χ3n) is 5.24. The molecule has 3 atom stereocenters. The number of amides is 1. The number of hydrogen-bond donors (Lipinski definition) is 2. The zero-order chi connectivity index (χ0) is 19.0. The van der Waals surface area contributed by atoms with Crippen LogP contribution in [-0.4, -0.2) is 41.0 Å². The van der Waals surface area contributed by atoms with Crippen molar-refractivity contribution in [1.82, 2.24) is 10.3 Å². The number of carboxylic acid groups (broad SMARTS) is 1. The molecule has 0 spiro atoms. The number of nitrogens with zero attached hydrogens (tertiary/aromatic N) is 2. The van der Waals surface area contributed by atoms with Gasteiger partial charge in [0.1, 0.15) is 5.82 Å². The first-order valence-corrected chi connectivity index (χ1v) is 8.88. The van der Waals surface area contributed by atoms with Crippen LogP contribution in [0.3, 0.4) is 0 Å². The smallest absolute Gasteiger partial charge is 0.309 e. The maximum absolute atomic E-state index is 13.1. The molecule has 1 amide bonds. The molecule has 2 heterocycles. The average molecular weight is 369 g/mol. The van der Waals surface area contributed by atoms with Gasteiger partial charge in [-0.25, -0.2) is 14.8 Å². The molecule has 0 radical (unpaired) electrons. The van der Waals surface area contributed by atoms with E-state index in [2.05, 4.69) is 5.43 Å². The van der Waals surface area contributed by atoms with Crippen LogP contribution in [0, 0.1) is 17.7 Å².